The predicted octanol–water partition coefficient (Wildman–Crippen LogP) is 3.42. The highest BCUT2D eigenvalue weighted by Gasteiger charge is 2.42. The van der Waals surface area contributed by atoms with E-state index in [1.807, 2.05) is 24.6 Å². The molecule has 0 aromatic carbocycles. The Bertz CT molecular complexity index is 799. The molecule has 2 aliphatic rings. The average Bonchev–Trinajstić information content (AvgIpc) is 3.38. The second-order valence-electron chi connectivity index (χ2n) is 7.74. The van der Waals surface area contributed by atoms with Crippen molar-refractivity contribution in [2.45, 2.75) is 50.7 Å². The Labute approximate surface area is 158 Å². The third-order valence-electron chi connectivity index (χ3n) is 6.09. The van der Waals surface area contributed by atoms with Crippen molar-refractivity contribution in [1.82, 2.24) is 20.1 Å². The lowest BCUT2D eigenvalue weighted by molar-refractivity contribution is -0.119. The van der Waals surface area contributed by atoms with Crippen molar-refractivity contribution in [2.75, 3.05) is 5.75 Å². The number of carbonyl (C=O) groups excluding carboxylic acids is 1. The lowest BCUT2D eigenvalue weighted by Crippen LogP contribution is -2.40. The number of nitrogens with zero attached hydrogens (tertiary/aromatic N) is 3. The van der Waals surface area contributed by atoms with Crippen LogP contribution in [0.2, 0.25) is 0 Å². The Morgan fingerprint density at radius 2 is 2.27 bits per heavy atom. The average molecular weight is 375 g/mol. The van der Waals surface area contributed by atoms with E-state index in [9.17, 15) is 4.79 Å². The first kappa shape index (κ1) is 17.6. The molecule has 7 heteroatoms. The van der Waals surface area contributed by atoms with E-state index in [0.717, 1.165) is 34.1 Å². The smallest absolute Gasteiger partial charge is 0.230 e. The van der Waals surface area contributed by atoms with E-state index in [1.54, 1.807) is 6.26 Å². The van der Waals surface area contributed by atoms with E-state index < -0.39 is 0 Å². The molecule has 4 atom stereocenters. The third kappa shape index (κ3) is 3.29. The number of nitrogens with one attached hydrogen (secondary N) is 1. The standard InChI is InChI=1S/C19H26N4O2S/c1-11(16-9-13-4-5-14(16)8-13)20-17(24)10-26-19-22-21-18(23(19)3)15-6-7-25-12(15)2/h6-7,11,13-14,16H,4-5,8-10H2,1-3H3,(H,20,24)/t11-,13+,14+,16+/m1/s1. The zero-order valence-electron chi connectivity index (χ0n) is 15.6. The van der Waals surface area contributed by atoms with Crippen LogP contribution in [0.5, 0.6) is 0 Å². The first-order chi connectivity index (χ1) is 12.5. The molecular weight excluding hydrogens is 348 g/mol. The number of hydrogen-bond donors (Lipinski definition) is 1. The molecule has 4 rings (SSSR count). The lowest BCUT2D eigenvalue weighted by atomic mass is 9.84. The van der Waals surface area contributed by atoms with Gasteiger partial charge >= 0.3 is 0 Å². The summed E-state index contributed by atoms with van der Waals surface area (Å²) >= 11 is 1.43. The van der Waals surface area contributed by atoms with Gasteiger partial charge in [-0.2, -0.15) is 0 Å². The maximum absolute atomic E-state index is 12.4. The minimum Gasteiger partial charge on any atom is -0.469 e. The number of hydrogen-bond acceptors (Lipinski definition) is 5. The van der Waals surface area contributed by atoms with Crippen molar-refractivity contribution < 1.29 is 9.21 Å². The summed E-state index contributed by atoms with van der Waals surface area (Å²) in [6.45, 7) is 4.07. The van der Waals surface area contributed by atoms with Crippen molar-refractivity contribution in [3.8, 4) is 11.4 Å². The van der Waals surface area contributed by atoms with Gasteiger partial charge in [-0.1, -0.05) is 18.2 Å². The monoisotopic (exact) mass is 374 g/mol. The highest BCUT2D eigenvalue weighted by Crippen LogP contribution is 2.49. The number of rotatable bonds is 6. The summed E-state index contributed by atoms with van der Waals surface area (Å²) in [6.07, 6.45) is 7.04. The SMILES string of the molecule is Cc1occc1-c1nnc(SCC(=O)N[C@H](C)[C@@H]2C[C@H]3CC[C@H]2C3)n1C. The molecule has 140 valence electrons. The van der Waals surface area contributed by atoms with Gasteiger partial charge in [0, 0.05) is 13.1 Å². The molecule has 2 bridgehead atoms. The van der Waals surface area contributed by atoms with Gasteiger partial charge in [0.2, 0.25) is 5.91 Å². The first-order valence-electron chi connectivity index (χ1n) is 9.39. The fraction of sp³-hybridized carbons (Fsp3) is 0.632. The van der Waals surface area contributed by atoms with Crippen molar-refractivity contribution >= 4 is 17.7 Å². The number of furan rings is 1. The second-order valence-corrected chi connectivity index (χ2v) is 8.68. The summed E-state index contributed by atoms with van der Waals surface area (Å²) in [5, 5.41) is 12.4. The molecule has 0 saturated heterocycles. The van der Waals surface area contributed by atoms with Crippen LogP contribution in [0.4, 0.5) is 0 Å². The number of aryl methyl sites for hydroxylation is 1. The quantitative estimate of drug-likeness (QED) is 0.785. The maximum Gasteiger partial charge on any atom is 0.230 e. The molecule has 2 aliphatic carbocycles. The molecule has 0 aliphatic heterocycles. The van der Waals surface area contributed by atoms with Gasteiger partial charge < -0.3 is 14.3 Å². The third-order valence-corrected chi connectivity index (χ3v) is 7.11. The summed E-state index contributed by atoms with van der Waals surface area (Å²) in [6, 6.07) is 2.15. The molecule has 6 nitrogen and oxygen atoms in total. The Balaban J connectivity index is 1.32. The Morgan fingerprint density at radius 1 is 1.42 bits per heavy atom. The molecule has 2 heterocycles. The molecular formula is C19H26N4O2S. The topological polar surface area (TPSA) is 72.9 Å². The van der Waals surface area contributed by atoms with E-state index >= 15 is 0 Å². The number of aromatic nitrogens is 3. The number of carbonyl (C=O) groups is 1. The lowest BCUT2D eigenvalue weighted by Gasteiger charge is -2.28. The zero-order valence-corrected chi connectivity index (χ0v) is 16.4. The summed E-state index contributed by atoms with van der Waals surface area (Å²) in [5.41, 5.74) is 0.932. The van der Waals surface area contributed by atoms with Gasteiger partial charge in [0.25, 0.3) is 0 Å². The molecule has 2 aromatic rings. The zero-order chi connectivity index (χ0) is 18.3. The van der Waals surface area contributed by atoms with Gasteiger partial charge in [-0.15, -0.1) is 10.2 Å². The molecule has 0 radical (unpaired) electrons. The molecule has 1 N–H and O–H groups in total. The molecule has 2 fully saturated rings. The van der Waals surface area contributed by atoms with Crippen LogP contribution in [-0.4, -0.2) is 32.5 Å². The van der Waals surface area contributed by atoms with Crippen LogP contribution in [0.25, 0.3) is 11.4 Å². The Morgan fingerprint density at radius 3 is 2.92 bits per heavy atom. The minimum absolute atomic E-state index is 0.0781. The summed E-state index contributed by atoms with van der Waals surface area (Å²) in [5.74, 6) is 4.40. The number of amides is 1. The minimum atomic E-state index is 0.0781. The largest absolute Gasteiger partial charge is 0.469 e. The molecule has 2 aromatic heterocycles. The fourth-order valence-corrected chi connectivity index (χ4v) is 5.45. The number of fused-ring (bicyclic) bond motifs is 2. The van der Waals surface area contributed by atoms with E-state index in [0.29, 0.717) is 11.7 Å². The molecule has 26 heavy (non-hydrogen) atoms. The summed E-state index contributed by atoms with van der Waals surface area (Å²) < 4.78 is 7.25. The fourth-order valence-electron chi connectivity index (χ4n) is 4.73. The second kappa shape index (κ2) is 7.10. The van der Waals surface area contributed by atoms with E-state index in [4.69, 9.17) is 4.42 Å². The van der Waals surface area contributed by atoms with Crippen molar-refractivity contribution in [2.24, 2.45) is 24.8 Å². The van der Waals surface area contributed by atoms with E-state index in [1.165, 1.54) is 37.4 Å². The van der Waals surface area contributed by atoms with Crippen LogP contribution < -0.4 is 5.32 Å². The molecule has 1 amide bonds. The van der Waals surface area contributed by atoms with Crippen LogP contribution in [0.15, 0.2) is 21.9 Å². The van der Waals surface area contributed by atoms with E-state index in [-0.39, 0.29) is 11.9 Å². The van der Waals surface area contributed by atoms with Gasteiger partial charge in [0.1, 0.15) is 5.76 Å². The van der Waals surface area contributed by atoms with Crippen molar-refractivity contribution in [1.29, 1.82) is 0 Å². The highest BCUT2D eigenvalue weighted by molar-refractivity contribution is 7.99. The van der Waals surface area contributed by atoms with Crippen molar-refractivity contribution in [3.05, 3.63) is 18.1 Å². The Kier molecular flexibility index (Phi) is 4.82. The molecule has 0 unspecified atom stereocenters. The Hall–Kier alpha value is -1.76. The maximum atomic E-state index is 12.4. The highest BCUT2D eigenvalue weighted by atomic mass is 32.2. The van der Waals surface area contributed by atoms with Gasteiger partial charge in [-0.3, -0.25) is 4.79 Å². The van der Waals surface area contributed by atoms with Gasteiger partial charge in [0.15, 0.2) is 11.0 Å². The van der Waals surface area contributed by atoms with Gasteiger partial charge in [0.05, 0.1) is 17.6 Å². The summed E-state index contributed by atoms with van der Waals surface area (Å²) in [4.78, 5) is 12.4. The summed E-state index contributed by atoms with van der Waals surface area (Å²) in [7, 11) is 1.92. The van der Waals surface area contributed by atoms with Crippen LogP contribution in [0.1, 0.15) is 38.4 Å². The normalized spacial score (nSPS) is 25.6. The first-order valence-corrected chi connectivity index (χ1v) is 10.4. The molecule has 2 saturated carbocycles. The molecule has 0 spiro atoms. The van der Waals surface area contributed by atoms with Crippen LogP contribution >= 0.6 is 11.8 Å². The van der Waals surface area contributed by atoms with Crippen LogP contribution in [-0.2, 0) is 11.8 Å². The van der Waals surface area contributed by atoms with Crippen molar-refractivity contribution in [3.63, 3.8) is 0 Å². The van der Waals surface area contributed by atoms with Crippen LogP contribution in [0, 0.1) is 24.7 Å². The van der Waals surface area contributed by atoms with Gasteiger partial charge in [-0.25, -0.2) is 0 Å². The number of thioether (sulfide) groups is 1. The predicted molar refractivity (Wildman–Crippen MR) is 101 cm³/mol. The van der Waals surface area contributed by atoms with Gasteiger partial charge in [-0.05, 0) is 56.9 Å². The van der Waals surface area contributed by atoms with E-state index in [2.05, 4.69) is 22.4 Å². The van der Waals surface area contributed by atoms with Crippen LogP contribution in [0.3, 0.4) is 0 Å².